The van der Waals surface area contributed by atoms with Gasteiger partial charge in [-0.05, 0) is 0 Å². The van der Waals surface area contributed by atoms with E-state index in [1.54, 1.807) is 0 Å². The molecular weight excluding hydrogens is 408 g/mol. The number of aliphatic hydroxyl groups excluding tert-OH is 2. The van der Waals surface area contributed by atoms with Crippen molar-refractivity contribution in [2.45, 2.75) is 30.7 Å². The van der Waals surface area contributed by atoms with Gasteiger partial charge in [0.15, 0.2) is 12.4 Å². The van der Waals surface area contributed by atoms with Gasteiger partial charge in [0.2, 0.25) is 0 Å². The van der Waals surface area contributed by atoms with Gasteiger partial charge < -0.3 is 14.9 Å². The Morgan fingerprint density at radius 2 is 1.12 bits per heavy atom. The summed E-state index contributed by atoms with van der Waals surface area (Å²) in [5.41, 5.74) is 0. The summed E-state index contributed by atoms with van der Waals surface area (Å²) in [4.78, 5) is 0. The van der Waals surface area contributed by atoms with E-state index in [1.165, 1.54) is 0 Å². The predicted molar refractivity (Wildman–Crippen MR) is 67.2 cm³/mol. The van der Waals surface area contributed by atoms with Gasteiger partial charge in [-0.2, -0.15) is 25.3 Å². The Labute approximate surface area is 135 Å². The summed E-state index contributed by atoms with van der Waals surface area (Å²) in [7, 11) is -16.1. The van der Waals surface area contributed by atoms with Crippen LogP contribution < -0.4 is 0 Å². The summed E-state index contributed by atoms with van der Waals surface area (Å²) < 4.78 is 107. The van der Waals surface area contributed by atoms with Gasteiger partial charge in [-0.1, -0.05) is 0 Å². The first-order chi connectivity index (χ1) is 10.6. The minimum Gasteiger partial charge on any atom is -0.394 e. The lowest BCUT2D eigenvalue weighted by molar-refractivity contribution is -0.271. The van der Waals surface area contributed by atoms with Crippen molar-refractivity contribution in [2.75, 3.05) is 6.61 Å². The number of hydrogen-bond donors (Lipinski definition) is 5. The van der Waals surface area contributed by atoms with Crippen molar-refractivity contribution < 1.29 is 66.4 Å². The van der Waals surface area contributed by atoms with Crippen LogP contribution in [0.15, 0.2) is 0 Å². The molecule has 0 unspecified atom stereocenters. The van der Waals surface area contributed by atoms with Gasteiger partial charge in [-0.15, -0.1) is 0 Å². The molecule has 0 amide bonds. The smallest absolute Gasteiger partial charge is 0.394 e. The fourth-order valence-electron chi connectivity index (χ4n) is 1.79. The highest BCUT2D eigenvalue weighted by Gasteiger charge is 2.52. The third-order valence-corrected chi connectivity index (χ3v) is 3.88. The Morgan fingerprint density at radius 1 is 0.750 bits per heavy atom. The Hall–Kier alpha value is -0.510. The van der Waals surface area contributed by atoms with Crippen LogP contribution >= 0.6 is 0 Å². The fraction of sp³-hybridized carbons (Fsp3) is 1.00. The van der Waals surface area contributed by atoms with Crippen LogP contribution in [0.2, 0.25) is 0 Å². The van der Waals surface area contributed by atoms with E-state index in [0.717, 1.165) is 0 Å². The number of ether oxygens (including phenoxy) is 1. The van der Waals surface area contributed by atoms with E-state index in [4.69, 9.17) is 18.8 Å². The maximum Gasteiger partial charge on any atom is 0.397 e. The first kappa shape index (κ1) is 21.5. The first-order valence-electron chi connectivity index (χ1n) is 5.54. The third kappa shape index (κ3) is 6.78. The molecule has 18 heteroatoms. The first-order valence-corrected chi connectivity index (χ1v) is 9.64. The van der Waals surface area contributed by atoms with Gasteiger partial charge in [-0.25, -0.2) is 12.5 Å². The average Bonchev–Trinajstić information content (AvgIpc) is 2.32. The molecule has 0 spiro atoms. The SMILES string of the molecule is O=S(=O)(O)O[C@@H]1[C@@H](OS(=O)(=O)O)[C@@H](O)O[C@H](CO)[C@H]1OS(=O)(=O)O. The molecule has 0 aliphatic carbocycles. The second-order valence-corrected chi connectivity index (χ2v) is 7.36. The van der Waals surface area contributed by atoms with Crippen molar-refractivity contribution in [3.8, 4) is 0 Å². The number of hydrogen-bond acceptors (Lipinski definition) is 12. The summed E-state index contributed by atoms with van der Waals surface area (Å²) in [5.74, 6) is 0. The van der Waals surface area contributed by atoms with Gasteiger partial charge in [0.1, 0.15) is 18.3 Å². The van der Waals surface area contributed by atoms with Gasteiger partial charge in [0.05, 0.1) is 6.61 Å². The second-order valence-electron chi connectivity index (χ2n) is 4.21. The highest BCUT2D eigenvalue weighted by atomic mass is 32.3. The Balaban J connectivity index is 3.35. The minimum atomic E-state index is -5.42. The topological polar surface area (TPSA) is 240 Å². The maximum absolute atomic E-state index is 10.8. The summed E-state index contributed by atoms with van der Waals surface area (Å²) >= 11 is 0. The third-order valence-electron chi connectivity index (χ3n) is 2.49. The van der Waals surface area contributed by atoms with E-state index in [9.17, 15) is 30.4 Å². The van der Waals surface area contributed by atoms with Crippen LogP contribution in [0.1, 0.15) is 0 Å². The van der Waals surface area contributed by atoms with Crippen molar-refractivity contribution in [3.63, 3.8) is 0 Å². The molecule has 15 nitrogen and oxygen atoms in total. The molecule has 0 aromatic rings. The molecule has 5 atom stereocenters. The van der Waals surface area contributed by atoms with E-state index in [1.807, 2.05) is 0 Å². The normalized spacial score (nSPS) is 32.6. The Kier molecular flexibility index (Phi) is 6.63. The summed E-state index contributed by atoms with van der Waals surface area (Å²) in [6.07, 6.45) is -11.6. The number of aliphatic hydroxyl groups is 2. The van der Waals surface area contributed by atoms with Crippen LogP contribution in [-0.4, -0.2) is 86.4 Å². The average molecular weight is 420 g/mol. The molecule has 1 fully saturated rings. The van der Waals surface area contributed by atoms with Crippen molar-refractivity contribution in [1.82, 2.24) is 0 Å². The summed E-state index contributed by atoms with van der Waals surface area (Å²) in [5, 5.41) is 18.6. The van der Waals surface area contributed by atoms with Crippen LogP contribution in [0.3, 0.4) is 0 Å². The lowest BCUT2D eigenvalue weighted by Gasteiger charge is -2.41. The molecule has 1 aliphatic rings. The molecule has 0 radical (unpaired) electrons. The van der Waals surface area contributed by atoms with Crippen LogP contribution in [0, 0.1) is 0 Å². The van der Waals surface area contributed by atoms with E-state index in [-0.39, 0.29) is 0 Å². The van der Waals surface area contributed by atoms with E-state index >= 15 is 0 Å². The second kappa shape index (κ2) is 7.39. The molecule has 0 bridgehead atoms. The molecule has 1 rings (SSSR count). The molecule has 24 heavy (non-hydrogen) atoms. The quantitative estimate of drug-likeness (QED) is 0.248. The van der Waals surface area contributed by atoms with Gasteiger partial charge in [0.25, 0.3) is 0 Å². The van der Waals surface area contributed by atoms with Crippen LogP contribution in [0.25, 0.3) is 0 Å². The number of rotatable bonds is 7. The maximum atomic E-state index is 10.8. The molecule has 144 valence electrons. The highest BCUT2D eigenvalue weighted by Crippen LogP contribution is 2.29. The van der Waals surface area contributed by atoms with Gasteiger partial charge in [-0.3, -0.25) is 13.7 Å². The zero-order valence-electron chi connectivity index (χ0n) is 11.1. The fourth-order valence-corrected chi connectivity index (χ4v) is 3.29. The van der Waals surface area contributed by atoms with Gasteiger partial charge in [0, 0.05) is 0 Å². The standard InChI is InChI=1S/C6H12O15S3/c7-1-2-3(19-22(9,10)11)4(20-23(12,13)14)5(6(8)18-2)21-24(15,16)17/h2-8H,1H2,(H,9,10,11)(H,12,13,14)(H,15,16,17)/t2-,3-,4+,5-,6+/m1/s1. The molecular formula is C6H12O15S3. The van der Waals surface area contributed by atoms with Crippen molar-refractivity contribution in [1.29, 1.82) is 0 Å². The predicted octanol–water partition coefficient (Wildman–Crippen LogP) is -3.74. The van der Waals surface area contributed by atoms with Crippen molar-refractivity contribution in [2.24, 2.45) is 0 Å². The Bertz CT molecular complexity index is 736. The van der Waals surface area contributed by atoms with E-state index in [2.05, 4.69) is 17.3 Å². The zero-order chi connectivity index (χ0) is 18.9. The van der Waals surface area contributed by atoms with Crippen LogP contribution in [0.4, 0.5) is 0 Å². The van der Waals surface area contributed by atoms with Crippen LogP contribution in [-0.2, 0) is 48.5 Å². The van der Waals surface area contributed by atoms with E-state index in [0.29, 0.717) is 0 Å². The zero-order valence-corrected chi connectivity index (χ0v) is 13.6. The largest absolute Gasteiger partial charge is 0.397 e. The lowest BCUT2D eigenvalue weighted by atomic mass is 9.99. The molecule has 1 heterocycles. The van der Waals surface area contributed by atoms with Crippen molar-refractivity contribution >= 4 is 31.2 Å². The highest BCUT2D eigenvalue weighted by molar-refractivity contribution is 7.81. The monoisotopic (exact) mass is 420 g/mol. The lowest BCUT2D eigenvalue weighted by Crippen LogP contribution is -2.62. The molecule has 1 saturated heterocycles. The molecule has 0 aromatic carbocycles. The molecule has 5 N–H and O–H groups in total. The molecule has 0 saturated carbocycles. The van der Waals surface area contributed by atoms with Gasteiger partial charge >= 0.3 is 31.2 Å². The Morgan fingerprint density at radius 3 is 1.50 bits per heavy atom. The minimum absolute atomic E-state index is 1.14. The molecule has 0 aromatic heterocycles. The molecule has 1 aliphatic heterocycles. The summed E-state index contributed by atoms with van der Waals surface area (Å²) in [6, 6.07) is 0. The van der Waals surface area contributed by atoms with E-state index < -0.39 is 68.5 Å². The summed E-state index contributed by atoms with van der Waals surface area (Å²) in [6.45, 7) is -1.14. The van der Waals surface area contributed by atoms with Crippen LogP contribution in [0.5, 0.6) is 0 Å². The van der Waals surface area contributed by atoms with Crippen molar-refractivity contribution in [3.05, 3.63) is 0 Å².